The SMILES string of the molecule is CC/C=C\Cc1ccc(C(F)(F)OC2CCC(C3CCC(c4ccc(C(F)(F)F)c(F)c4)CC3)CC2)c(F)c1. The van der Waals surface area contributed by atoms with Gasteiger partial charge in [0, 0.05) is 0 Å². The molecule has 0 N–H and O–H groups in total. The van der Waals surface area contributed by atoms with E-state index in [1.807, 2.05) is 19.1 Å². The number of benzene rings is 2. The van der Waals surface area contributed by atoms with Gasteiger partial charge in [0.05, 0.1) is 17.2 Å². The lowest BCUT2D eigenvalue weighted by Gasteiger charge is -2.38. The van der Waals surface area contributed by atoms with Crippen molar-refractivity contribution in [3.8, 4) is 0 Å². The Morgan fingerprint density at radius 2 is 1.33 bits per heavy atom. The molecule has 0 radical (unpaired) electrons. The van der Waals surface area contributed by atoms with Crippen LogP contribution in [0.2, 0.25) is 0 Å². The van der Waals surface area contributed by atoms with Crippen molar-refractivity contribution >= 4 is 0 Å². The molecule has 39 heavy (non-hydrogen) atoms. The first-order chi connectivity index (χ1) is 18.5. The van der Waals surface area contributed by atoms with E-state index >= 15 is 0 Å². The van der Waals surface area contributed by atoms with Crippen molar-refractivity contribution in [3.63, 3.8) is 0 Å². The summed E-state index contributed by atoms with van der Waals surface area (Å²) in [5, 5.41) is 0. The first-order valence-electron chi connectivity index (χ1n) is 13.8. The Bertz CT molecular complexity index is 1120. The standard InChI is InChI=1S/C31H35F7O/c1-2-3-4-5-20-6-16-27(28(32)18-20)31(37,38)39-25-14-11-22(12-15-25)21-7-9-23(10-8-21)24-13-17-26(29(33)19-24)30(34,35)36/h3-4,6,13,16-19,21-23,25H,2,5,7-12,14-15H2,1H3/b4-3-. The number of alkyl halides is 5. The monoisotopic (exact) mass is 556 g/mol. The molecule has 2 aliphatic carbocycles. The molecule has 0 atom stereocenters. The van der Waals surface area contributed by atoms with Crippen molar-refractivity contribution < 1.29 is 35.5 Å². The fourth-order valence-electron chi connectivity index (χ4n) is 6.20. The van der Waals surface area contributed by atoms with Crippen LogP contribution in [0.25, 0.3) is 0 Å². The molecule has 0 bridgehead atoms. The van der Waals surface area contributed by atoms with Crippen LogP contribution in [-0.4, -0.2) is 6.10 Å². The third-order valence-electron chi connectivity index (χ3n) is 8.34. The Morgan fingerprint density at radius 3 is 1.90 bits per heavy atom. The molecule has 214 valence electrons. The zero-order chi connectivity index (χ0) is 28.2. The largest absolute Gasteiger partial charge is 0.419 e. The van der Waals surface area contributed by atoms with Crippen molar-refractivity contribution in [1.82, 2.24) is 0 Å². The van der Waals surface area contributed by atoms with Crippen LogP contribution in [0.15, 0.2) is 48.6 Å². The molecule has 0 unspecified atom stereocenters. The predicted molar refractivity (Wildman–Crippen MR) is 136 cm³/mol. The van der Waals surface area contributed by atoms with E-state index in [0.717, 1.165) is 69.2 Å². The molecule has 2 aromatic carbocycles. The van der Waals surface area contributed by atoms with Crippen molar-refractivity contribution in [3.05, 3.63) is 82.4 Å². The van der Waals surface area contributed by atoms with Gasteiger partial charge in [-0.3, -0.25) is 0 Å². The van der Waals surface area contributed by atoms with Gasteiger partial charge >= 0.3 is 12.3 Å². The molecule has 8 heteroatoms. The van der Waals surface area contributed by atoms with E-state index in [9.17, 15) is 30.7 Å². The lowest BCUT2D eigenvalue weighted by molar-refractivity contribution is -0.279. The number of allylic oxidation sites excluding steroid dienone is 2. The average Bonchev–Trinajstić information content (AvgIpc) is 2.88. The topological polar surface area (TPSA) is 9.23 Å². The maximum Gasteiger partial charge on any atom is 0.419 e. The predicted octanol–water partition coefficient (Wildman–Crippen LogP) is 10.1. The van der Waals surface area contributed by atoms with Crippen molar-refractivity contribution in [2.24, 2.45) is 11.8 Å². The summed E-state index contributed by atoms with van der Waals surface area (Å²) in [6, 6.07) is 6.95. The van der Waals surface area contributed by atoms with E-state index < -0.39 is 41.2 Å². The van der Waals surface area contributed by atoms with Crippen LogP contribution in [0.1, 0.15) is 92.9 Å². The minimum Gasteiger partial charge on any atom is -0.313 e. The molecule has 0 aliphatic heterocycles. The minimum absolute atomic E-state index is 0.0142. The second-order valence-corrected chi connectivity index (χ2v) is 10.9. The van der Waals surface area contributed by atoms with Crippen LogP contribution in [0.4, 0.5) is 30.7 Å². The van der Waals surface area contributed by atoms with Crippen LogP contribution >= 0.6 is 0 Å². The molecule has 2 aromatic rings. The molecule has 0 saturated heterocycles. The zero-order valence-corrected chi connectivity index (χ0v) is 22.1. The molecule has 1 nitrogen and oxygen atoms in total. The van der Waals surface area contributed by atoms with Gasteiger partial charge in [0.2, 0.25) is 0 Å². The van der Waals surface area contributed by atoms with E-state index in [2.05, 4.69) is 0 Å². The van der Waals surface area contributed by atoms with Gasteiger partial charge in [-0.15, -0.1) is 0 Å². The van der Waals surface area contributed by atoms with Gasteiger partial charge in [-0.1, -0.05) is 31.2 Å². The fraction of sp³-hybridized carbons (Fsp3) is 0.548. The lowest BCUT2D eigenvalue weighted by atomic mass is 9.69. The second kappa shape index (κ2) is 12.4. The van der Waals surface area contributed by atoms with Crippen molar-refractivity contribution in [2.45, 2.75) is 95.4 Å². The summed E-state index contributed by atoms with van der Waals surface area (Å²) in [6.07, 6.45) is 1.69. The van der Waals surface area contributed by atoms with Gasteiger partial charge < -0.3 is 4.74 Å². The number of halogens is 7. The van der Waals surface area contributed by atoms with Gasteiger partial charge in [-0.25, -0.2) is 8.78 Å². The summed E-state index contributed by atoms with van der Waals surface area (Å²) in [5.74, 6) is -1.44. The molecule has 2 fully saturated rings. The molecule has 2 aliphatic rings. The molecule has 0 spiro atoms. The Morgan fingerprint density at radius 1 is 0.744 bits per heavy atom. The van der Waals surface area contributed by atoms with Gasteiger partial charge in [0.15, 0.2) is 0 Å². The second-order valence-electron chi connectivity index (χ2n) is 10.9. The van der Waals surface area contributed by atoms with E-state index in [-0.39, 0.29) is 5.92 Å². The molecular weight excluding hydrogens is 521 g/mol. The maximum absolute atomic E-state index is 14.8. The van der Waals surface area contributed by atoms with Crippen LogP contribution in [-0.2, 0) is 23.4 Å². The Labute approximate surface area is 225 Å². The van der Waals surface area contributed by atoms with E-state index in [4.69, 9.17) is 4.74 Å². The summed E-state index contributed by atoms with van der Waals surface area (Å²) < 4.78 is 102. The first-order valence-corrected chi connectivity index (χ1v) is 13.8. The molecular formula is C31H35F7O. The van der Waals surface area contributed by atoms with Gasteiger partial charge in [0.25, 0.3) is 0 Å². The summed E-state index contributed by atoms with van der Waals surface area (Å²) in [7, 11) is 0. The third-order valence-corrected chi connectivity index (χ3v) is 8.34. The fourth-order valence-corrected chi connectivity index (χ4v) is 6.20. The highest BCUT2D eigenvalue weighted by Crippen LogP contribution is 2.45. The van der Waals surface area contributed by atoms with Crippen LogP contribution < -0.4 is 0 Å². The first kappa shape index (κ1) is 29.6. The average molecular weight is 557 g/mol. The summed E-state index contributed by atoms with van der Waals surface area (Å²) in [5.41, 5.74) is -0.777. The lowest BCUT2D eigenvalue weighted by Crippen LogP contribution is -2.32. The van der Waals surface area contributed by atoms with Crippen molar-refractivity contribution in [1.29, 1.82) is 0 Å². The highest BCUT2D eigenvalue weighted by Gasteiger charge is 2.41. The minimum atomic E-state index is -4.71. The number of rotatable bonds is 8. The Balaban J connectivity index is 1.26. The molecule has 4 rings (SSSR count). The smallest absolute Gasteiger partial charge is 0.313 e. The number of ether oxygens (including phenoxy) is 1. The maximum atomic E-state index is 14.8. The van der Waals surface area contributed by atoms with Crippen LogP contribution in [0, 0.1) is 23.5 Å². The van der Waals surface area contributed by atoms with E-state index in [1.165, 1.54) is 12.1 Å². The van der Waals surface area contributed by atoms with Gasteiger partial charge in [-0.2, -0.15) is 22.0 Å². The summed E-state index contributed by atoms with van der Waals surface area (Å²) in [6.45, 7) is 1.98. The Hall–Kier alpha value is -2.35. The summed E-state index contributed by atoms with van der Waals surface area (Å²) in [4.78, 5) is 0. The van der Waals surface area contributed by atoms with Gasteiger partial charge in [-0.05, 0) is 117 Å². The van der Waals surface area contributed by atoms with Gasteiger partial charge in [0.1, 0.15) is 11.6 Å². The number of hydrogen-bond acceptors (Lipinski definition) is 1. The van der Waals surface area contributed by atoms with Crippen LogP contribution in [0.3, 0.4) is 0 Å². The van der Waals surface area contributed by atoms with E-state index in [0.29, 0.717) is 42.2 Å². The third kappa shape index (κ3) is 7.44. The van der Waals surface area contributed by atoms with Crippen molar-refractivity contribution in [2.75, 3.05) is 0 Å². The molecule has 2 saturated carbocycles. The van der Waals surface area contributed by atoms with Crippen LogP contribution in [0.5, 0.6) is 0 Å². The highest BCUT2D eigenvalue weighted by molar-refractivity contribution is 5.29. The quantitative estimate of drug-likeness (QED) is 0.232. The zero-order valence-electron chi connectivity index (χ0n) is 22.1. The Kier molecular flexibility index (Phi) is 9.45. The van der Waals surface area contributed by atoms with E-state index in [1.54, 1.807) is 0 Å². The normalized spacial score (nSPS) is 24.8. The highest BCUT2D eigenvalue weighted by atomic mass is 19.4. The number of hydrogen-bond donors (Lipinski definition) is 0. The molecule has 0 aromatic heterocycles. The molecule has 0 amide bonds. The molecule has 0 heterocycles. The summed E-state index contributed by atoms with van der Waals surface area (Å²) >= 11 is 0.